The molecule has 112 valence electrons. The molecule has 21 heavy (non-hydrogen) atoms. The standard InChI is InChI=1S/C14H14Br2N2OS2/c15-11-3-8-20-13(11)14(19)18-6-4-17(5-7-18)9-10-1-2-12(16)21-10/h1-3,8H,4-7,9H2. The summed E-state index contributed by atoms with van der Waals surface area (Å²) in [5.74, 6) is 0.149. The lowest BCUT2D eigenvalue weighted by molar-refractivity contribution is 0.0633. The molecule has 7 heteroatoms. The SMILES string of the molecule is O=C(c1sccc1Br)N1CCN(Cc2ccc(Br)s2)CC1. The maximum absolute atomic E-state index is 12.4. The van der Waals surface area contributed by atoms with Crippen molar-refractivity contribution in [3.05, 3.63) is 41.6 Å². The molecule has 0 radical (unpaired) electrons. The van der Waals surface area contributed by atoms with Gasteiger partial charge in [0, 0.05) is 42.1 Å². The van der Waals surface area contributed by atoms with Crippen LogP contribution in [0.25, 0.3) is 0 Å². The highest BCUT2D eigenvalue weighted by molar-refractivity contribution is 9.11. The van der Waals surface area contributed by atoms with Crippen LogP contribution in [-0.4, -0.2) is 41.9 Å². The molecule has 1 aliphatic rings. The Morgan fingerprint density at radius 2 is 1.90 bits per heavy atom. The van der Waals surface area contributed by atoms with Crippen molar-refractivity contribution in [2.24, 2.45) is 0 Å². The second-order valence-electron chi connectivity index (χ2n) is 4.87. The van der Waals surface area contributed by atoms with Crippen molar-refractivity contribution < 1.29 is 4.79 Å². The van der Waals surface area contributed by atoms with Gasteiger partial charge in [-0.25, -0.2) is 0 Å². The van der Waals surface area contributed by atoms with Crippen LogP contribution in [0.3, 0.4) is 0 Å². The zero-order valence-corrected chi connectivity index (χ0v) is 16.0. The molecule has 0 unspecified atom stereocenters. The van der Waals surface area contributed by atoms with E-state index in [1.54, 1.807) is 11.3 Å². The van der Waals surface area contributed by atoms with Crippen molar-refractivity contribution in [1.29, 1.82) is 0 Å². The lowest BCUT2D eigenvalue weighted by atomic mass is 10.3. The van der Waals surface area contributed by atoms with Crippen LogP contribution in [0.5, 0.6) is 0 Å². The van der Waals surface area contributed by atoms with Crippen molar-refractivity contribution >= 4 is 60.4 Å². The monoisotopic (exact) mass is 448 g/mol. The van der Waals surface area contributed by atoms with Crippen molar-refractivity contribution in [3.63, 3.8) is 0 Å². The van der Waals surface area contributed by atoms with Gasteiger partial charge in [0.2, 0.25) is 0 Å². The van der Waals surface area contributed by atoms with E-state index in [0.717, 1.165) is 42.1 Å². The molecule has 3 nitrogen and oxygen atoms in total. The molecule has 0 aromatic carbocycles. The van der Waals surface area contributed by atoms with E-state index >= 15 is 0 Å². The second-order valence-corrected chi connectivity index (χ2v) is 9.19. The fourth-order valence-corrected chi connectivity index (χ4v) is 5.39. The average Bonchev–Trinajstić information content (AvgIpc) is 3.08. The summed E-state index contributed by atoms with van der Waals surface area (Å²) in [6.07, 6.45) is 0. The smallest absolute Gasteiger partial charge is 0.265 e. The Hall–Kier alpha value is -0.210. The third kappa shape index (κ3) is 3.76. The zero-order chi connectivity index (χ0) is 14.8. The Balaban J connectivity index is 1.55. The van der Waals surface area contributed by atoms with Gasteiger partial charge in [-0.1, -0.05) is 0 Å². The Morgan fingerprint density at radius 3 is 2.48 bits per heavy atom. The first-order valence-corrected chi connectivity index (χ1v) is 9.90. The molecule has 1 saturated heterocycles. The van der Waals surface area contributed by atoms with Crippen LogP contribution < -0.4 is 0 Å². The number of nitrogens with zero attached hydrogens (tertiary/aromatic N) is 2. The van der Waals surface area contributed by atoms with E-state index in [2.05, 4.69) is 48.9 Å². The Labute approximate surface area is 148 Å². The number of carbonyl (C=O) groups is 1. The summed E-state index contributed by atoms with van der Waals surface area (Å²) in [4.78, 5) is 19.0. The average molecular weight is 450 g/mol. The van der Waals surface area contributed by atoms with Gasteiger partial charge in [0.15, 0.2) is 0 Å². The van der Waals surface area contributed by atoms with Crippen molar-refractivity contribution in [2.75, 3.05) is 26.2 Å². The quantitative estimate of drug-likeness (QED) is 0.697. The molecular formula is C14H14Br2N2OS2. The summed E-state index contributed by atoms with van der Waals surface area (Å²) in [7, 11) is 0. The van der Waals surface area contributed by atoms with Crippen LogP contribution in [0, 0.1) is 0 Å². The van der Waals surface area contributed by atoms with Crippen molar-refractivity contribution in [3.8, 4) is 0 Å². The van der Waals surface area contributed by atoms with Crippen LogP contribution in [0.15, 0.2) is 31.8 Å². The molecule has 0 bridgehead atoms. The molecule has 0 spiro atoms. The van der Waals surface area contributed by atoms with Gasteiger partial charge >= 0.3 is 0 Å². The molecule has 2 aromatic rings. The number of amides is 1. The van der Waals surface area contributed by atoms with Gasteiger partial charge in [0.05, 0.1) is 3.79 Å². The summed E-state index contributed by atoms with van der Waals surface area (Å²) >= 11 is 10.2. The van der Waals surface area contributed by atoms with E-state index in [1.165, 1.54) is 20.0 Å². The molecule has 3 rings (SSSR count). The Bertz CT molecular complexity index is 632. The Kier molecular flexibility index (Phi) is 5.16. The molecule has 0 atom stereocenters. The fraction of sp³-hybridized carbons (Fsp3) is 0.357. The highest BCUT2D eigenvalue weighted by Gasteiger charge is 2.24. The molecule has 1 amide bonds. The van der Waals surface area contributed by atoms with Crippen LogP contribution in [0.2, 0.25) is 0 Å². The molecule has 0 saturated carbocycles. The Morgan fingerprint density at radius 1 is 1.14 bits per heavy atom. The molecule has 0 N–H and O–H groups in total. The summed E-state index contributed by atoms with van der Waals surface area (Å²) in [5, 5.41) is 1.95. The van der Waals surface area contributed by atoms with Gasteiger partial charge in [0.1, 0.15) is 4.88 Å². The van der Waals surface area contributed by atoms with E-state index in [-0.39, 0.29) is 5.91 Å². The van der Waals surface area contributed by atoms with Crippen LogP contribution >= 0.6 is 54.5 Å². The number of piperazine rings is 1. The first kappa shape index (κ1) is 15.7. The number of hydrogen-bond acceptors (Lipinski definition) is 4. The molecule has 1 fully saturated rings. The topological polar surface area (TPSA) is 23.6 Å². The summed E-state index contributed by atoms with van der Waals surface area (Å²) < 4.78 is 2.08. The van der Waals surface area contributed by atoms with Gasteiger partial charge in [-0.3, -0.25) is 9.69 Å². The summed E-state index contributed by atoms with van der Waals surface area (Å²) in [6, 6.07) is 6.19. The van der Waals surface area contributed by atoms with Gasteiger partial charge in [-0.2, -0.15) is 0 Å². The zero-order valence-electron chi connectivity index (χ0n) is 11.2. The van der Waals surface area contributed by atoms with E-state index in [9.17, 15) is 4.79 Å². The van der Waals surface area contributed by atoms with Crippen molar-refractivity contribution in [2.45, 2.75) is 6.54 Å². The number of halogens is 2. The summed E-state index contributed by atoms with van der Waals surface area (Å²) in [6.45, 7) is 4.45. The predicted molar refractivity (Wildman–Crippen MR) is 95.2 cm³/mol. The highest BCUT2D eigenvalue weighted by atomic mass is 79.9. The van der Waals surface area contributed by atoms with E-state index in [4.69, 9.17) is 0 Å². The first-order chi connectivity index (χ1) is 10.1. The van der Waals surface area contributed by atoms with Gasteiger partial charge in [-0.15, -0.1) is 22.7 Å². The first-order valence-electron chi connectivity index (χ1n) is 6.62. The third-order valence-corrected chi connectivity index (χ3v) is 6.91. The van der Waals surface area contributed by atoms with E-state index in [1.807, 2.05) is 16.3 Å². The molecule has 2 aromatic heterocycles. The second kappa shape index (κ2) is 6.91. The fourth-order valence-electron chi connectivity index (χ4n) is 2.36. The van der Waals surface area contributed by atoms with E-state index < -0.39 is 0 Å². The highest BCUT2D eigenvalue weighted by Crippen LogP contribution is 2.26. The minimum Gasteiger partial charge on any atom is -0.335 e. The van der Waals surface area contributed by atoms with Crippen LogP contribution in [0.1, 0.15) is 14.5 Å². The number of hydrogen-bond donors (Lipinski definition) is 0. The molecule has 1 aliphatic heterocycles. The van der Waals surface area contributed by atoms with E-state index in [0.29, 0.717) is 0 Å². The van der Waals surface area contributed by atoms with Crippen LogP contribution in [0.4, 0.5) is 0 Å². The maximum atomic E-state index is 12.4. The predicted octanol–water partition coefficient (Wildman–Crippen LogP) is 4.29. The minimum absolute atomic E-state index is 0.149. The van der Waals surface area contributed by atoms with Gasteiger partial charge < -0.3 is 4.90 Å². The minimum atomic E-state index is 0.149. The third-order valence-electron chi connectivity index (χ3n) is 3.48. The number of rotatable bonds is 3. The molecular weight excluding hydrogens is 436 g/mol. The lowest BCUT2D eigenvalue weighted by Crippen LogP contribution is -2.48. The summed E-state index contributed by atoms with van der Waals surface area (Å²) in [5.41, 5.74) is 0. The van der Waals surface area contributed by atoms with Crippen LogP contribution in [-0.2, 0) is 6.54 Å². The number of thiophene rings is 2. The molecule has 0 aliphatic carbocycles. The molecule has 3 heterocycles. The van der Waals surface area contributed by atoms with Crippen molar-refractivity contribution in [1.82, 2.24) is 9.80 Å². The lowest BCUT2D eigenvalue weighted by Gasteiger charge is -2.34. The normalized spacial score (nSPS) is 16.4. The largest absolute Gasteiger partial charge is 0.335 e. The number of carbonyl (C=O) groups excluding carboxylic acids is 1. The maximum Gasteiger partial charge on any atom is 0.265 e. The van der Waals surface area contributed by atoms with Gasteiger partial charge in [0.25, 0.3) is 5.91 Å². The van der Waals surface area contributed by atoms with Gasteiger partial charge in [-0.05, 0) is 55.4 Å².